The normalized spacial score (nSPS) is 15.3. The molecule has 5 nitrogen and oxygen atoms in total. The Hall–Kier alpha value is -2.56. The van der Waals surface area contributed by atoms with Gasteiger partial charge in [0.2, 0.25) is 0 Å². The summed E-state index contributed by atoms with van der Waals surface area (Å²) in [5.74, 6) is 2.02. The molecule has 1 aromatic carbocycles. The van der Waals surface area contributed by atoms with Crippen LogP contribution >= 0.6 is 0 Å². The molecule has 3 aromatic rings. The van der Waals surface area contributed by atoms with Crippen molar-refractivity contribution < 1.29 is 4.74 Å². The average Bonchev–Trinajstić information content (AvgIpc) is 2.85. The van der Waals surface area contributed by atoms with E-state index in [9.17, 15) is 0 Å². The Morgan fingerprint density at radius 1 is 0.962 bits per heavy atom. The Bertz CT molecular complexity index is 906. The molecule has 26 heavy (non-hydrogen) atoms. The molecule has 2 aromatic heterocycles. The molecular formula is C21H26N4O. The minimum Gasteiger partial charge on any atom is -0.497 e. The van der Waals surface area contributed by atoms with Crippen molar-refractivity contribution in [2.24, 2.45) is 0 Å². The lowest BCUT2D eigenvalue weighted by atomic mass is 10.1. The summed E-state index contributed by atoms with van der Waals surface area (Å²) in [6.07, 6.45) is 5.13. The number of fused-ring (bicyclic) bond motifs is 1. The van der Waals surface area contributed by atoms with Crippen molar-refractivity contribution in [3.05, 3.63) is 41.6 Å². The van der Waals surface area contributed by atoms with Crippen LogP contribution in [0.4, 0.5) is 5.82 Å². The Labute approximate surface area is 154 Å². The highest BCUT2D eigenvalue weighted by Gasteiger charge is 2.19. The van der Waals surface area contributed by atoms with Crippen LogP contribution in [0.15, 0.2) is 30.3 Å². The molecule has 1 saturated heterocycles. The lowest BCUT2D eigenvalue weighted by Crippen LogP contribution is -2.26. The van der Waals surface area contributed by atoms with Crippen LogP contribution in [-0.4, -0.2) is 34.8 Å². The zero-order valence-electron chi connectivity index (χ0n) is 15.8. The van der Waals surface area contributed by atoms with E-state index in [0.29, 0.717) is 0 Å². The molecule has 136 valence electrons. The molecule has 1 aliphatic heterocycles. The first kappa shape index (κ1) is 16.9. The average molecular weight is 350 g/mol. The molecule has 0 saturated carbocycles. The highest BCUT2D eigenvalue weighted by atomic mass is 16.5. The summed E-state index contributed by atoms with van der Waals surface area (Å²) in [5.41, 5.74) is 5.20. The fourth-order valence-electron chi connectivity index (χ4n) is 3.77. The summed E-state index contributed by atoms with van der Waals surface area (Å²) >= 11 is 0. The number of aryl methyl sites for hydroxylation is 2. The van der Waals surface area contributed by atoms with Crippen LogP contribution in [0.25, 0.3) is 16.9 Å². The highest BCUT2D eigenvalue weighted by Crippen LogP contribution is 2.30. The Kier molecular flexibility index (Phi) is 4.53. The minimum atomic E-state index is 0.856. The second kappa shape index (κ2) is 6.98. The summed E-state index contributed by atoms with van der Waals surface area (Å²) in [4.78, 5) is 7.25. The van der Waals surface area contributed by atoms with Gasteiger partial charge in [-0.1, -0.05) is 12.8 Å². The number of benzene rings is 1. The molecule has 0 spiro atoms. The zero-order valence-corrected chi connectivity index (χ0v) is 15.8. The van der Waals surface area contributed by atoms with Crippen LogP contribution in [0.2, 0.25) is 0 Å². The van der Waals surface area contributed by atoms with Gasteiger partial charge < -0.3 is 9.64 Å². The van der Waals surface area contributed by atoms with E-state index < -0.39 is 0 Å². The number of anilines is 1. The van der Waals surface area contributed by atoms with Gasteiger partial charge in [0.25, 0.3) is 0 Å². The largest absolute Gasteiger partial charge is 0.497 e. The molecule has 0 bridgehead atoms. The third-order valence-electron chi connectivity index (χ3n) is 5.22. The standard InChI is InChI=1S/C21H26N4O/c1-15-14-19(24-12-6-4-5-7-13-24)25-21(22-15)16(2)20(23-25)17-8-10-18(26-3)11-9-17/h8-11,14H,4-7,12-13H2,1-3H3. The second-order valence-electron chi connectivity index (χ2n) is 7.09. The molecule has 1 fully saturated rings. The maximum absolute atomic E-state index is 5.28. The third-order valence-corrected chi connectivity index (χ3v) is 5.22. The summed E-state index contributed by atoms with van der Waals surface area (Å²) in [6, 6.07) is 10.3. The number of methoxy groups -OCH3 is 1. The first-order valence-electron chi connectivity index (χ1n) is 9.44. The van der Waals surface area contributed by atoms with Crippen molar-refractivity contribution in [2.75, 3.05) is 25.1 Å². The van der Waals surface area contributed by atoms with Gasteiger partial charge >= 0.3 is 0 Å². The Morgan fingerprint density at radius 3 is 2.31 bits per heavy atom. The van der Waals surface area contributed by atoms with E-state index in [0.717, 1.165) is 52.8 Å². The molecule has 1 aliphatic rings. The molecular weight excluding hydrogens is 324 g/mol. The van der Waals surface area contributed by atoms with Gasteiger partial charge in [0.05, 0.1) is 12.8 Å². The van der Waals surface area contributed by atoms with Crippen LogP contribution in [0.1, 0.15) is 36.9 Å². The predicted octanol–water partition coefficient (Wildman–Crippen LogP) is 4.40. The Balaban J connectivity index is 1.83. The van der Waals surface area contributed by atoms with Crippen molar-refractivity contribution in [3.63, 3.8) is 0 Å². The van der Waals surface area contributed by atoms with Crippen LogP contribution < -0.4 is 9.64 Å². The number of ether oxygens (including phenoxy) is 1. The first-order chi connectivity index (χ1) is 12.7. The quantitative estimate of drug-likeness (QED) is 0.702. The maximum atomic E-state index is 5.28. The van der Waals surface area contributed by atoms with Crippen LogP contribution in [-0.2, 0) is 0 Å². The van der Waals surface area contributed by atoms with Gasteiger partial charge in [-0.05, 0) is 51.0 Å². The fourth-order valence-corrected chi connectivity index (χ4v) is 3.77. The van der Waals surface area contributed by atoms with Crippen molar-refractivity contribution in [1.82, 2.24) is 14.6 Å². The smallest absolute Gasteiger partial charge is 0.161 e. The second-order valence-corrected chi connectivity index (χ2v) is 7.09. The molecule has 0 N–H and O–H groups in total. The van der Waals surface area contributed by atoms with Crippen LogP contribution in [0.5, 0.6) is 5.75 Å². The van der Waals surface area contributed by atoms with Gasteiger partial charge in [0, 0.05) is 36.0 Å². The molecule has 0 aliphatic carbocycles. The van der Waals surface area contributed by atoms with Gasteiger partial charge in [-0.2, -0.15) is 9.61 Å². The molecule has 0 amide bonds. The van der Waals surface area contributed by atoms with Crippen molar-refractivity contribution in [3.8, 4) is 17.0 Å². The number of rotatable bonds is 3. The molecule has 0 radical (unpaired) electrons. The van der Waals surface area contributed by atoms with Crippen molar-refractivity contribution in [2.45, 2.75) is 39.5 Å². The van der Waals surface area contributed by atoms with E-state index in [2.05, 4.69) is 36.9 Å². The third kappa shape index (κ3) is 3.02. The minimum absolute atomic E-state index is 0.856. The topological polar surface area (TPSA) is 42.7 Å². The molecule has 3 heterocycles. The maximum Gasteiger partial charge on any atom is 0.161 e. The van der Waals surface area contributed by atoms with E-state index in [-0.39, 0.29) is 0 Å². The van der Waals surface area contributed by atoms with E-state index in [1.807, 2.05) is 16.6 Å². The molecule has 4 rings (SSSR count). The number of hydrogen-bond acceptors (Lipinski definition) is 4. The summed E-state index contributed by atoms with van der Waals surface area (Å²) in [7, 11) is 1.69. The van der Waals surface area contributed by atoms with E-state index in [1.54, 1.807) is 7.11 Å². The summed E-state index contributed by atoms with van der Waals surface area (Å²) in [6.45, 7) is 6.37. The number of aromatic nitrogens is 3. The van der Waals surface area contributed by atoms with Gasteiger partial charge in [0.1, 0.15) is 11.6 Å². The monoisotopic (exact) mass is 350 g/mol. The SMILES string of the molecule is COc1ccc(-c2nn3c(N4CCCCCC4)cc(C)nc3c2C)cc1. The predicted molar refractivity (Wildman–Crippen MR) is 105 cm³/mol. The molecule has 5 heteroatoms. The lowest BCUT2D eigenvalue weighted by Gasteiger charge is -2.23. The molecule has 0 unspecified atom stereocenters. The van der Waals surface area contributed by atoms with Crippen molar-refractivity contribution >= 4 is 11.5 Å². The lowest BCUT2D eigenvalue weighted by molar-refractivity contribution is 0.415. The zero-order chi connectivity index (χ0) is 18.1. The van der Waals surface area contributed by atoms with Gasteiger partial charge in [0.15, 0.2) is 5.65 Å². The van der Waals surface area contributed by atoms with Gasteiger partial charge in [-0.25, -0.2) is 4.98 Å². The van der Waals surface area contributed by atoms with Crippen molar-refractivity contribution in [1.29, 1.82) is 0 Å². The van der Waals surface area contributed by atoms with Gasteiger partial charge in [-0.3, -0.25) is 0 Å². The van der Waals surface area contributed by atoms with E-state index in [4.69, 9.17) is 14.8 Å². The Morgan fingerprint density at radius 2 is 1.65 bits per heavy atom. The number of hydrogen-bond donors (Lipinski definition) is 0. The van der Waals surface area contributed by atoms with Crippen LogP contribution in [0, 0.1) is 13.8 Å². The first-order valence-corrected chi connectivity index (χ1v) is 9.44. The van der Waals surface area contributed by atoms with Gasteiger partial charge in [-0.15, -0.1) is 0 Å². The summed E-state index contributed by atoms with van der Waals surface area (Å²) < 4.78 is 7.31. The fraction of sp³-hybridized carbons (Fsp3) is 0.429. The van der Waals surface area contributed by atoms with E-state index >= 15 is 0 Å². The van der Waals surface area contributed by atoms with Crippen LogP contribution in [0.3, 0.4) is 0 Å². The highest BCUT2D eigenvalue weighted by molar-refractivity contribution is 5.72. The number of nitrogens with zero attached hydrogens (tertiary/aromatic N) is 4. The van der Waals surface area contributed by atoms with E-state index in [1.165, 1.54) is 25.7 Å². The molecule has 0 atom stereocenters. The summed E-state index contributed by atoms with van der Waals surface area (Å²) in [5, 5.41) is 4.96.